The molecule has 162 valence electrons. The average Bonchev–Trinajstić information content (AvgIpc) is 2.76. The number of ether oxygens (including phenoxy) is 1. The van der Waals surface area contributed by atoms with Gasteiger partial charge in [-0.1, -0.05) is 18.2 Å². The molecule has 0 radical (unpaired) electrons. The Morgan fingerprint density at radius 3 is 2.45 bits per heavy atom. The highest BCUT2D eigenvalue weighted by Crippen LogP contribution is 2.25. The third kappa shape index (κ3) is 5.24. The van der Waals surface area contributed by atoms with Crippen LogP contribution in [0.3, 0.4) is 0 Å². The van der Waals surface area contributed by atoms with E-state index in [4.69, 9.17) is 4.74 Å². The van der Waals surface area contributed by atoms with E-state index < -0.39 is 15.8 Å². The van der Waals surface area contributed by atoms with E-state index in [2.05, 4.69) is 21.8 Å². The molecule has 31 heavy (non-hydrogen) atoms. The lowest BCUT2D eigenvalue weighted by atomic mass is 9.99. The van der Waals surface area contributed by atoms with Gasteiger partial charge in [-0.2, -0.15) is 0 Å². The highest BCUT2D eigenvalue weighted by atomic mass is 32.2. The molecule has 0 saturated carbocycles. The Kier molecular flexibility index (Phi) is 6.25. The minimum Gasteiger partial charge on any atom is -0.494 e. The van der Waals surface area contributed by atoms with Gasteiger partial charge in [-0.25, -0.2) is 12.8 Å². The van der Waals surface area contributed by atoms with Crippen LogP contribution in [0.1, 0.15) is 23.6 Å². The summed E-state index contributed by atoms with van der Waals surface area (Å²) >= 11 is 0. The zero-order chi connectivity index (χ0) is 21.8. The molecular formula is C24H25FN2O3S. The monoisotopic (exact) mass is 440 g/mol. The predicted octanol–water partition coefficient (Wildman–Crippen LogP) is 4.58. The van der Waals surface area contributed by atoms with Crippen molar-refractivity contribution in [3.8, 4) is 5.75 Å². The van der Waals surface area contributed by atoms with Crippen molar-refractivity contribution in [2.45, 2.75) is 31.3 Å². The maximum atomic E-state index is 13.1. The van der Waals surface area contributed by atoms with E-state index in [0.717, 1.165) is 42.9 Å². The molecule has 0 unspecified atom stereocenters. The number of nitrogens with zero attached hydrogens (tertiary/aromatic N) is 1. The quantitative estimate of drug-likeness (QED) is 0.584. The molecule has 0 atom stereocenters. The van der Waals surface area contributed by atoms with Gasteiger partial charge in [-0.3, -0.25) is 9.62 Å². The lowest BCUT2D eigenvalue weighted by Crippen LogP contribution is -2.30. The summed E-state index contributed by atoms with van der Waals surface area (Å²) in [7, 11) is -3.73. The van der Waals surface area contributed by atoms with E-state index >= 15 is 0 Å². The fourth-order valence-corrected chi connectivity index (χ4v) is 4.85. The first kappa shape index (κ1) is 21.3. The van der Waals surface area contributed by atoms with Crippen LogP contribution in [0.2, 0.25) is 0 Å². The van der Waals surface area contributed by atoms with Crippen LogP contribution in [0.4, 0.5) is 10.1 Å². The van der Waals surface area contributed by atoms with Crippen molar-refractivity contribution >= 4 is 15.7 Å². The number of hydrogen-bond acceptors (Lipinski definition) is 4. The van der Waals surface area contributed by atoms with Gasteiger partial charge in [0.1, 0.15) is 11.6 Å². The molecule has 0 aromatic heterocycles. The van der Waals surface area contributed by atoms with Gasteiger partial charge in [0, 0.05) is 25.3 Å². The van der Waals surface area contributed by atoms with Gasteiger partial charge in [0.05, 0.1) is 11.5 Å². The van der Waals surface area contributed by atoms with E-state index in [0.29, 0.717) is 12.3 Å². The molecule has 0 bridgehead atoms. The van der Waals surface area contributed by atoms with Gasteiger partial charge in [0.2, 0.25) is 0 Å². The second-order valence-corrected chi connectivity index (χ2v) is 9.26. The van der Waals surface area contributed by atoms with Crippen molar-refractivity contribution in [3.63, 3.8) is 0 Å². The molecule has 1 aliphatic heterocycles. The smallest absolute Gasteiger partial charge is 0.261 e. The number of hydrogen-bond donors (Lipinski definition) is 1. The molecule has 4 rings (SSSR count). The Labute approximate surface area is 182 Å². The van der Waals surface area contributed by atoms with Crippen LogP contribution in [0.25, 0.3) is 0 Å². The molecule has 7 heteroatoms. The first-order valence-electron chi connectivity index (χ1n) is 10.3. The van der Waals surface area contributed by atoms with Crippen LogP contribution in [-0.2, 0) is 29.5 Å². The Hall–Kier alpha value is -2.90. The van der Waals surface area contributed by atoms with Crippen molar-refractivity contribution in [3.05, 3.63) is 89.2 Å². The van der Waals surface area contributed by atoms with Gasteiger partial charge in [-0.15, -0.1) is 0 Å². The number of sulfonamides is 1. The zero-order valence-electron chi connectivity index (χ0n) is 17.3. The van der Waals surface area contributed by atoms with Gasteiger partial charge in [0.15, 0.2) is 0 Å². The summed E-state index contributed by atoms with van der Waals surface area (Å²) in [5.41, 5.74) is 3.73. The largest absolute Gasteiger partial charge is 0.494 e. The number of benzene rings is 3. The van der Waals surface area contributed by atoms with E-state index in [1.54, 1.807) is 12.1 Å². The van der Waals surface area contributed by atoms with Gasteiger partial charge >= 0.3 is 0 Å². The number of anilines is 1. The fraction of sp³-hybridized carbons (Fsp3) is 0.250. The number of halogens is 1. The lowest BCUT2D eigenvalue weighted by Gasteiger charge is -2.29. The summed E-state index contributed by atoms with van der Waals surface area (Å²) in [5, 5.41) is 0. The van der Waals surface area contributed by atoms with Gasteiger partial charge in [0.25, 0.3) is 10.0 Å². The van der Waals surface area contributed by atoms with Gasteiger partial charge < -0.3 is 4.74 Å². The first-order valence-corrected chi connectivity index (χ1v) is 11.8. The summed E-state index contributed by atoms with van der Waals surface area (Å²) in [6, 6.07) is 18.7. The van der Waals surface area contributed by atoms with Crippen molar-refractivity contribution in [2.75, 3.05) is 17.9 Å². The fourth-order valence-electron chi connectivity index (χ4n) is 3.74. The number of nitrogens with one attached hydrogen (secondary N) is 1. The molecule has 0 spiro atoms. The second-order valence-electron chi connectivity index (χ2n) is 7.58. The Morgan fingerprint density at radius 2 is 1.74 bits per heavy atom. The van der Waals surface area contributed by atoms with Crippen LogP contribution in [0, 0.1) is 5.82 Å². The Bertz CT molecular complexity index is 1150. The molecule has 0 amide bonds. The van der Waals surface area contributed by atoms with Crippen LogP contribution in [0.15, 0.2) is 71.6 Å². The topological polar surface area (TPSA) is 58.6 Å². The van der Waals surface area contributed by atoms with E-state index in [-0.39, 0.29) is 4.90 Å². The molecule has 5 nitrogen and oxygen atoms in total. The van der Waals surface area contributed by atoms with Gasteiger partial charge in [-0.05, 0) is 78.6 Å². The third-order valence-corrected chi connectivity index (χ3v) is 6.70. The first-order chi connectivity index (χ1) is 14.9. The summed E-state index contributed by atoms with van der Waals surface area (Å²) < 4.78 is 46.5. The van der Waals surface area contributed by atoms with Crippen LogP contribution in [-0.4, -0.2) is 26.5 Å². The summed E-state index contributed by atoms with van der Waals surface area (Å²) in [6.45, 7) is 5.08. The molecule has 1 aliphatic rings. The van der Waals surface area contributed by atoms with Crippen molar-refractivity contribution in [1.29, 1.82) is 0 Å². The summed E-state index contributed by atoms with van der Waals surface area (Å²) in [4.78, 5) is 2.57. The molecule has 3 aromatic rings. The maximum absolute atomic E-state index is 13.1. The zero-order valence-corrected chi connectivity index (χ0v) is 18.2. The predicted molar refractivity (Wildman–Crippen MR) is 119 cm³/mol. The minimum absolute atomic E-state index is 0.218. The minimum atomic E-state index is -3.73. The summed E-state index contributed by atoms with van der Waals surface area (Å²) in [6.07, 6.45) is 0.784. The lowest BCUT2D eigenvalue weighted by molar-refractivity contribution is 0.245. The van der Waals surface area contributed by atoms with E-state index in [1.807, 2.05) is 25.1 Å². The van der Waals surface area contributed by atoms with E-state index in [1.165, 1.54) is 29.8 Å². The highest BCUT2D eigenvalue weighted by molar-refractivity contribution is 7.92. The highest BCUT2D eigenvalue weighted by Gasteiger charge is 2.21. The number of fused-ring (bicyclic) bond motifs is 1. The standard InChI is InChI=1S/C24H25FN2O3S/c1-2-30-23-10-3-18(4-11-23)16-27-14-13-19-15-24(12-5-20(19)17-27)31(28,29)26-22-8-6-21(25)7-9-22/h3-12,15,26H,2,13-14,16-17H2,1H3. The molecular weight excluding hydrogens is 415 g/mol. The van der Waals surface area contributed by atoms with Crippen LogP contribution in [0.5, 0.6) is 5.75 Å². The Balaban J connectivity index is 1.43. The van der Waals surface area contributed by atoms with Crippen LogP contribution >= 0.6 is 0 Å². The maximum Gasteiger partial charge on any atom is 0.261 e. The van der Waals surface area contributed by atoms with Crippen molar-refractivity contribution in [2.24, 2.45) is 0 Å². The van der Waals surface area contributed by atoms with E-state index in [9.17, 15) is 12.8 Å². The molecule has 3 aromatic carbocycles. The Morgan fingerprint density at radius 1 is 1.00 bits per heavy atom. The van der Waals surface area contributed by atoms with Crippen molar-refractivity contribution < 1.29 is 17.5 Å². The molecule has 1 heterocycles. The summed E-state index contributed by atoms with van der Waals surface area (Å²) in [5.74, 6) is 0.463. The van der Waals surface area contributed by atoms with Crippen LogP contribution < -0.4 is 9.46 Å². The van der Waals surface area contributed by atoms with Crippen molar-refractivity contribution in [1.82, 2.24) is 4.90 Å². The molecule has 0 aliphatic carbocycles. The molecule has 0 fully saturated rings. The normalized spacial score (nSPS) is 14.1. The molecule has 1 N–H and O–H groups in total. The second kappa shape index (κ2) is 9.08. The number of rotatable bonds is 7. The third-order valence-electron chi connectivity index (χ3n) is 5.32. The molecule has 0 saturated heterocycles. The SMILES string of the molecule is CCOc1ccc(CN2CCc3cc(S(=O)(=O)Nc4ccc(F)cc4)ccc3C2)cc1. The average molecular weight is 441 g/mol.